The first kappa shape index (κ1) is 19.7. The van der Waals surface area contributed by atoms with Crippen LogP contribution in [0.15, 0.2) is 94.2 Å². The monoisotopic (exact) mass is 396 g/mol. The number of benzene rings is 3. The van der Waals surface area contributed by atoms with Crippen molar-refractivity contribution in [3.63, 3.8) is 0 Å². The number of phenolic OH excluding ortho intramolecular Hbond substituents is 1. The summed E-state index contributed by atoms with van der Waals surface area (Å²) in [7, 11) is 0. The highest BCUT2D eigenvalue weighted by atomic mass is 16.3. The van der Waals surface area contributed by atoms with Crippen molar-refractivity contribution in [2.45, 2.75) is 26.2 Å². The van der Waals surface area contributed by atoms with E-state index in [1.807, 2.05) is 67.6 Å². The molecule has 4 rings (SSSR count). The molecule has 0 fully saturated rings. The zero-order valence-electron chi connectivity index (χ0n) is 17.0. The summed E-state index contributed by atoms with van der Waals surface area (Å²) in [6.45, 7) is 5.95. The average Bonchev–Trinajstić information content (AvgIpc) is 2.75. The van der Waals surface area contributed by atoms with Crippen LogP contribution in [0.5, 0.6) is 5.75 Å². The van der Waals surface area contributed by atoms with Gasteiger partial charge in [0.2, 0.25) is 0 Å². The molecule has 0 aliphatic rings. The second-order valence-electron chi connectivity index (χ2n) is 7.66. The van der Waals surface area contributed by atoms with Gasteiger partial charge in [0.15, 0.2) is 5.43 Å². The van der Waals surface area contributed by atoms with Crippen molar-refractivity contribution < 1.29 is 9.52 Å². The van der Waals surface area contributed by atoms with E-state index >= 15 is 0 Å². The predicted molar refractivity (Wildman–Crippen MR) is 122 cm³/mol. The first-order valence-corrected chi connectivity index (χ1v) is 10.1. The number of phenols is 1. The van der Waals surface area contributed by atoms with Gasteiger partial charge in [0, 0.05) is 17.5 Å². The van der Waals surface area contributed by atoms with Crippen LogP contribution in [0.1, 0.15) is 30.0 Å². The lowest BCUT2D eigenvalue weighted by Crippen LogP contribution is -2.13. The fourth-order valence-electron chi connectivity index (χ4n) is 3.75. The van der Waals surface area contributed by atoms with Crippen LogP contribution in [0.3, 0.4) is 0 Å². The molecule has 3 aromatic carbocycles. The number of rotatable bonds is 6. The zero-order chi connectivity index (χ0) is 21.1. The summed E-state index contributed by atoms with van der Waals surface area (Å²) in [5, 5.41) is 10.8. The Hall–Kier alpha value is -3.59. The third-order valence-electron chi connectivity index (χ3n) is 5.31. The number of allylic oxidation sites excluding steroid dienone is 1. The highest BCUT2D eigenvalue weighted by Gasteiger charge is 2.18. The molecule has 0 radical (unpaired) electrons. The second-order valence-corrected chi connectivity index (χ2v) is 7.66. The van der Waals surface area contributed by atoms with Crippen LogP contribution in [0.25, 0.3) is 22.3 Å². The van der Waals surface area contributed by atoms with E-state index in [4.69, 9.17) is 4.42 Å². The Bertz CT molecular complexity index is 1270. The summed E-state index contributed by atoms with van der Waals surface area (Å²) in [6, 6.07) is 22.6. The molecular formula is C27H24O3. The number of aromatic hydroxyl groups is 1. The largest absolute Gasteiger partial charge is 0.508 e. The Labute approximate surface area is 175 Å². The summed E-state index contributed by atoms with van der Waals surface area (Å²) in [5.41, 5.74) is 4.75. The van der Waals surface area contributed by atoms with Gasteiger partial charge in [-0.05, 0) is 43.0 Å². The molecule has 150 valence electrons. The second kappa shape index (κ2) is 8.42. The molecule has 1 aromatic heterocycles. The summed E-state index contributed by atoms with van der Waals surface area (Å²) in [4.78, 5) is 13.7. The Morgan fingerprint density at radius 2 is 1.63 bits per heavy atom. The van der Waals surface area contributed by atoms with Gasteiger partial charge in [-0.2, -0.15) is 0 Å². The van der Waals surface area contributed by atoms with Crippen LogP contribution in [-0.4, -0.2) is 5.11 Å². The lowest BCUT2D eigenvalue weighted by atomic mass is 9.95. The van der Waals surface area contributed by atoms with Gasteiger partial charge in [0.05, 0.1) is 5.39 Å². The molecule has 0 aliphatic carbocycles. The Morgan fingerprint density at radius 1 is 0.933 bits per heavy atom. The maximum absolute atomic E-state index is 13.7. The molecule has 3 heteroatoms. The van der Waals surface area contributed by atoms with E-state index in [2.05, 4.69) is 6.58 Å². The summed E-state index contributed by atoms with van der Waals surface area (Å²) < 4.78 is 6.31. The molecule has 1 N–H and O–H groups in total. The van der Waals surface area contributed by atoms with Crippen LogP contribution in [0, 0.1) is 0 Å². The fourth-order valence-corrected chi connectivity index (χ4v) is 3.75. The maximum atomic E-state index is 13.7. The first-order valence-electron chi connectivity index (χ1n) is 10.1. The first-order chi connectivity index (χ1) is 14.5. The van der Waals surface area contributed by atoms with Crippen molar-refractivity contribution in [3.05, 3.63) is 112 Å². The Balaban J connectivity index is 1.93. The van der Waals surface area contributed by atoms with Gasteiger partial charge in [-0.3, -0.25) is 4.79 Å². The quantitative estimate of drug-likeness (QED) is 0.391. The molecule has 30 heavy (non-hydrogen) atoms. The van der Waals surface area contributed by atoms with Crippen molar-refractivity contribution in [1.29, 1.82) is 0 Å². The molecular weight excluding hydrogens is 372 g/mol. The summed E-state index contributed by atoms with van der Waals surface area (Å²) in [6.07, 6.45) is 1.75. The minimum Gasteiger partial charge on any atom is -0.508 e. The summed E-state index contributed by atoms with van der Waals surface area (Å²) in [5.74, 6) is 0.844. The maximum Gasteiger partial charge on any atom is 0.196 e. The minimum absolute atomic E-state index is 0.0117. The topological polar surface area (TPSA) is 50.4 Å². The standard InChI is InChI=1S/C27H24O3/c1-18(2)15-16-22-26(29)25-21(17-20-11-6-7-13-23(20)28)12-8-14-24(25)30-27(22)19-9-4-3-5-10-19/h3-14,28H,1,15-17H2,2H3. The molecule has 0 spiro atoms. The Morgan fingerprint density at radius 3 is 2.37 bits per heavy atom. The molecule has 0 saturated heterocycles. The van der Waals surface area contributed by atoms with Gasteiger partial charge >= 0.3 is 0 Å². The van der Waals surface area contributed by atoms with Gasteiger partial charge in [-0.25, -0.2) is 0 Å². The number of hydrogen-bond donors (Lipinski definition) is 1. The lowest BCUT2D eigenvalue weighted by molar-refractivity contribution is 0.469. The number of hydrogen-bond acceptors (Lipinski definition) is 3. The van der Waals surface area contributed by atoms with E-state index in [0.29, 0.717) is 35.1 Å². The van der Waals surface area contributed by atoms with Gasteiger partial charge in [-0.15, -0.1) is 6.58 Å². The fraction of sp³-hybridized carbons (Fsp3) is 0.148. The van der Waals surface area contributed by atoms with Crippen LogP contribution in [0.2, 0.25) is 0 Å². The molecule has 0 atom stereocenters. The third kappa shape index (κ3) is 3.92. The van der Waals surface area contributed by atoms with Crippen molar-refractivity contribution >= 4 is 11.0 Å². The van der Waals surface area contributed by atoms with E-state index in [0.717, 1.165) is 28.7 Å². The van der Waals surface area contributed by atoms with Crippen LogP contribution < -0.4 is 5.43 Å². The van der Waals surface area contributed by atoms with E-state index in [1.54, 1.807) is 12.1 Å². The molecule has 0 saturated carbocycles. The smallest absolute Gasteiger partial charge is 0.196 e. The molecule has 0 unspecified atom stereocenters. The van der Waals surface area contributed by atoms with Gasteiger partial charge in [0.25, 0.3) is 0 Å². The zero-order valence-corrected chi connectivity index (χ0v) is 17.0. The lowest BCUT2D eigenvalue weighted by Gasteiger charge is -2.13. The van der Waals surface area contributed by atoms with Crippen molar-refractivity contribution in [3.8, 4) is 17.1 Å². The van der Waals surface area contributed by atoms with Crippen molar-refractivity contribution in [1.82, 2.24) is 0 Å². The van der Waals surface area contributed by atoms with Crippen LogP contribution >= 0.6 is 0 Å². The molecule has 4 aromatic rings. The van der Waals surface area contributed by atoms with Gasteiger partial charge in [0.1, 0.15) is 17.1 Å². The van der Waals surface area contributed by atoms with E-state index in [-0.39, 0.29) is 11.2 Å². The van der Waals surface area contributed by atoms with Crippen LogP contribution in [0.4, 0.5) is 0 Å². The SMILES string of the molecule is C=C(C)CCc1c(-c2ccccc2)oc2cccc(Cc3ccccc3O)c2c1=O. The molecule has 3 nitrogen and oxygen atoms in total. The molecule has 0 amide bonds. The Kier molecular flexibility index (Phi) is 5.53. The minimum atomic E-state index is -0.0117. The highest BCUT2D eigenvalue weighted by Crippen LogP contribution is 2.30. The number of fused-ring (bicyclic) bond motifs is 1. The highest BCUT2D eigenvalue weighted by molar-refractivity contribution is 5.84. The van der Waals surface area contributed by atoms with Crippen molar-refractivity contribution in [2.75, 3.05) is 0 Å². The van der Waals surface area contributed by atoms with Gasteiger partial charge in [-0.1, -0.05) is 66.2 Å². The normalized spacial score (nSPS) is 11.0. The molecule has 0 bridgehead atoms. The van der Waals surface area contributed by atoms with Crippen LogP contribution in [-0.2, 0) is 12.8 Å². The average molecular weight is 396 g/mol. The molecule has 1 heterocycles. The number of para-hydroxylation sites is 1. The van der Waals surface area contributed by atoms with Crippen molar-refractivity contribution in [2.24, 2.45) is 0 Å². The van der Waals surface area contributed by atoms with E-state index < -0.39 is 0 Å². The van der Waals surface area contributed by atoms with E-state index in [1.165, 1.54) is 0 Å². The molecule has 0 aliphatic heterocycles. The summed E-state index contributed by atoms with van der Waals surface area (Å²) >= 11 is 0. The predicted octanol–water partition coefficient (Wildman–Crippen LogP) is 6.27. The van der Waals surface area contributed by atoms with Gasteiger partial charge < -0.3 is 9.52 Å². The van der Waals surface area contributed by atoms with E-state index in [9.17, 15) is 9.90 Å². The third-order valence-corrected chi connectivity index (χ3v) is 5.31.